The summed E-state index contributed by atoms with van der Waals surface area (Å²) < 4.78 is 5.01. The van der Waals surface area contributed by atoms with Gasteiger partial charge in [0.15, 0.2) is 0 Å². The second-order valence-electron chi connectivity index (χ2n) is 3.69. The summed E-state index contributed by atoms with van der Waals surface area (Å²) in [7, 11) is 5.42. The van der Waals surface area contributed by atoms with E-state index in [4.69, 9.17) is 4.74 Å². The molecule has 86 valence electrons. The van der Waals surface area contributed by atoms with Gasteiger partial charge in [0, 0.05) is 25.7 Å². The van der Waals surface area contributed by atoms with Crippen molar-refractivity contribution in [3.8, 4) is 11.5 Å². The minimum absolute atomic E-state index is 0.174. The van der Waals surface area contributed by atoms with E-state index in [0.29, 0.717) is 11.3 Å². The molecule has 1 aromatic rings. The molecule has 1 aromatic carbocycles. The molecule has 0 radical (unpaired) electrons. The van der Waals surface area contributed by atoms with Gasteiger partial charge < -0.3 is 14.7 Å². The number of phenolic OH excluding ortho intramolecular Hbond substituents is 1. The van der Waals surface area contributed by atoms with E-state index in [9.17, 15) is 5.11 Å². The fourth-order valence-electron chi connectivity index (χ4n) is 1.24. The molecule has 1 N–H and O–H groups in total. The highest BCUT2D eigenvalue weighted by Crippen LogP contribution is 2.28. The van der Waals surface area contributed by atoms with Crippen molar-refractivity contribution in [3.63, 3.8) is 0 Å². The van der Waals surface area contributed by atoms with Gasteiger partial charge in [0.2, 0.25) is 0 Å². The third kappa shape index (κ3) is 3.05. The van der Waals surface area contributed by atoms with Gasteiger partial charge in [0.25, 0.3) is 0 Å². The van der Waals surface area contributed by atoms with Crippen LogP contribution < -0.4 is 4.74 Å². The van der Waals surface area contributed by atoms with E-state index >= 15 is 0 Å². The fourth-order valence-corrected chi connectivity index (χ4v) is 1.24. The van der Waals surface area contributed by atoms with Crippen LogP contribution in [0.3, 0.4) is 0 Å². The largest absolute Gasteiger partial charge is 0.507 e. The van der Waals surface area contributed by atoms with Crippen LogP contribution in [0.4, 0.5) is 0 Å². The van der Waals surface area contributed by atoms with Gasteiger partial charge in [0.05, 0.1) is 7.11 Å². The first-order valence-electron chi connectivity index (χ1n) is 4.95. The SMILES string of the molecule is C=C(/C=C/N(C)C)c1ccc(OC)cc1O. The number of ether oxygens (including phenoxy) is 1. The second kappa shape index (κ2) is 5.26. The zero-order valence-electron chi connectivity index (χ0n) is 9.90. The molecule has 0 saturated carbocycles. The molecule has 1 rings (SSSR count). The lowest BCUT2D eigenvalue weighted by molar-refractivity contribution is 0.407. The molecule has 3 heteroatoms. The van der Waals surface area contributed by atoms with Crippen LogP contribution in [0.5, 0.6) is 11.5 Å². The molecule has 0 aromatic heterocycles. The summed E-state index contributed by atoms with van der Waals surface area (Å²) >= 11 is 0. The summed E-state index contributed by atoms with van der Waals surface area (Å²) in [6.45, 7) is 3.90. The molecule has 0 spiro atoms. The summed E-state index contributed by atoms with van der Waals surface area (Å²) in [5, 5.41) is 9.77. The highest BCUT2D eigenvalue weighted by Gasteiger charge is 2.04. The minimum Gasteiger partial charge on any atom is -0.507 e. The fraction of sp³-hybridized carbons (Fsp3) is 0.231. The Morgan fingerprint density at radius 2 is 2.12 bits per heavy atom. The lowest BCUT2D eigenvalue weighted by atomic mass is 10.1. The van der Waals surface area contributed by atoms with Gasteiger partial charge >= 0.3 is 0 Å². The first kappa shape index (κ1) is 12.2. The van der Waals surface area contributed by atoms with Gasteiger partial charge in [-0.2, -0.15) is 0 Å². The van der Waals surface area contributed by atoms with Crippen LogP contribution in [-0.2, 0) is 0 Å². The second-order valence-corrected chi connectivity index (χ2v) is 3.69. The summed E-state index contributed by atoms with van der Waals surface area (Å²) in [6.07, 6.45) is 3.73. The molecule has 0 heterocycles. The summed E-state index contributed by atoms with van der Waals surface area (Å²) in [5.41, 5.74) is 1.47. The van der Waals surface area contributed by atoms with Crippen molar-refractivity contribution in [3.05, 3.63) is 42.6 Å². The Morgan fingerprint density at radius 3 is 2.62 bits per heavy atom. The van der Waals surface area contributed by atoms with Gasteiger partial charge in [-0.3, -0.25) is 0 Å². The Balaban J connectivity index is 2.92. The highest BCUT2D eigenvalue weighted by atomic mass is 16.5. The number of allylic oxidation sites excluding steroid dienone is 2. The van der Waals surface area contributed by atoms with Crippen LogP contribution in [0.15, 0.2) is 37.1 Å². The van der Waals surface area contributed by atoms with Crippen LogP contribution in [-0.4, -0.2) is 31.2 Å². The Hall–Kier alpha value is -1.90. The van der Waals surface area contributed by atoms with E-state index in [0.717, 1.165) is 5.57 Å². The lowest BCUT2D eigenvalue weighted by Gasteiger charge is -2.08. The predicted octanol–water partition coefficient (Wildman–Crippen LogP) is 2.49. The number of methoxy groups -OCH3 is 1. The monoisotopic (exact) mass is 219 g/mol. The molecule has 0 aliphatic heterocycles. The smallest absolute Gasteiger partial charge is 0.127 e. The van der Waals surface area contributed by atoms with Crippen LogP contribution in [0.1, 0.15) is 5.56 Å². The maximum atomic E-state index is 9.77. The average molecular weight is 219 g/mol. The van der Waals surface area contributed by atoms with E-state index in [1.165, 1.54) is 0 Å². The van der Waals surface area contributed by atoms with E-state index in [-0.39, 0.29) is 5.75 Å². The van der Waals surface area contributed by atoms with Gasteiger partial charge in [-0.05, 0) is 30.0 Å². The van der Waals surface area contributed by atoms with Crippen molar-refractivity contribution < 1.29 is 9.84 Å². The molecule has 0 atom stereocenters. The van der Waals surface area contributed by atoms with Crippen molar-refractivity contribution >= 4 is 5.57 Å². The molecule has 0 saturated heterocycles. The average Bonchev–Trinajstić information content (AvgIpc) is 2.25. The molecule has 0 bridgehead atoms. The van der Waals surface area contributed by atoms with Crippen molar-refractivity contribution in [2.75, 3.05) is 21.2 Å². The summed E-state index contributed by atoms with van der Waals surface area (Å²) in [4.78, 5) is 1.91. The van der Waals surface area contributed by atoms with Gasteiger partial charge in [-0.15, -0.1) is 0 Å². The molecular formula is C13H17NO2. The van der Waals surface area contributed by atoms with Crippen molar-refractivity contribution in [1.82, 2.24) is 4.90 Å². The third-order valence-electron chi connectivity index (χ3n) is 2.12. The van der Waals surface area contributed by atoms with Crippen molar-refractivity contribution in [1.29, 1.82) is 0 Å². The van der Waals surface area contributed by atoms with Crippen molar-refractivity contribution in [2.24, 2.45) is 0 Å². The van der Waals surface area contributed by atoms with Crippen LogP contribution in [0, 0.1) is 0 Å². The first-order valence-corrected chi connectivity index (χ1v) is 4.95. The van der Waals surface area contributed by atoms with E-state index in [1.807, 2.05) is 31.3 Å². The molecular weight excluding hydrogens is 202 g/mol. The number of nitrogens with zero attached hydrogens (tertiary/aromatic N) is 1. The van der Waals surface area contributed by atoms with Crippen LogP contribution in [0.25, 0.3) is 5.57 Å². The first-order chi connectivity index (χ1) is 7.54. The molecule has 0 amide bonds. The maximum Gasteiger partial charge on any atom is 0.127 e. The van der Waals surface area contributed by atoms with Crippen LogP contribution >= 0.6 is 0 Å². The normalized spacial score (nSPS) is 10.4. The number of rotatable bonds is 4. The summed E-state index contributed by atoms with van der Waals surface area (Å²) in [6, 6.07) is 5.16. The van der Waals surface area contributed by atoms with Crippen LogP contribution in [0.2, 0.25) is 0 Å². The molecule has 0 aliphatic rings. The molecule has 0 aliphatic carbocycles. The third-order valence-corrected chi connectivity index (χ3v) is 2.12. The molecule has 3 nitrogen and oxygen atoms in total. The van der Waals surface area contributed by atoms with Gasteiger partial charge in [0.1, 0.15) is 11.5 Å². The number of hydrogen-bond donors (Lipinski definition) is 1. The zero-order valence-corrected chi connectivity index (χ0v) is 9.90. The van der Waals surface area contributed by atoms with E-state index < -0.39 is 0 Å². The number of hydrogen-bond acceptors (Lipinski definition) is 3. The van der Waals surface area contributed by atoms with Gasteiger partial charge in [-0.1, -0.05) is 6.58 Å². The predicted molar refractivity (Wildman–Crippen MR) is 66.5 cm³/mol. The Morgan fingerprint density at radius 1 is 1.44 bits per heavy atom. The van der Waals surface area contributed by atoms with E-state index in [2.05, 4.69) is 6.58 Å². The Kier molecular flexibility index (Phi) is 4.00. The standard InChI is InChI=1S/C13H17NO2/c1-10(7-8-14(2)3)12-6-5-11(16-4)9-13(12)15/h5-9,15H,1H2,2-4H3/b8-7+. The quantitative estimate of drug-likeness (QED) is 0.790. The Bertz CT molecular complexity index is 408. The highest BCUT2D eigenvalue weighted by molar-refractivity contribution is 5.76. The Labute approximate surface area is 96.3 Å². The van der Waals surface area contributed by atoms with Crippen molar-refractivity contribution in [2.45, 2.75) is 0 Å². The molecule has 0 fully saturated rings. The lowest BCUT2D eigenvalue weighted by Crippen LogP contribution is -2.00. The van der Waals surface area contributed by atoms with Gasteiger partial charge in [-0.25, -0.2) is 0 Å². The zero-order chi connectivity index (χ0) is 12.1. The summed E-state index contributed by atoms with van der Waals surface area (Å²) in [5.74, 6) is 0.804. The topological polar surface area (TPSA) is 32.7 Å². The molecule has 16 heavy (non-hydrogen) atoms. The maximum absolute atomic E-state index is 9.77. The molecule has 0 unspecified atom stereocenters. The number of aromatic hydroxyl groups is 1. The number of phenols is 1. The van der Waals surface area contributed by atoms with E-state index in [1.54, 1.807) is 25.3 Å². The minimum atomic E-state index is 0.174. The number of benzene rings is 1.